The lowest BCUT2D eigenvalue weighted by Crippen LogP contribution is -2.34. The van der Waals surface area contributed by atoms with Crippen LogP contribution in [0, 0.1) is 0 Å². The largest absolute Gasteiger partial charge is 0.457 e. The third kappa shape index (κ3) is 5.73. The summed E-state index contributed by atoms with van der Waals surface area (Å²) in [5.41, 5.74) is 0. The van der Waals surface area contributed by atoms with E-state index in [1.807, 2.05) is 0 Å². The molecule has 0 bridgehead atoms. The van der Waals surface area contributed by atoms with Gasteiger partial charge < -0.3 is 14.6 Å². The molecule has 4 nitrogen and oxygen atoms in total. The van der Waals surface area contributed by atoms with Gasteiger partial charge in [0.25, 0.3) is 0 Å². The Kier molecular flexibility index (Phi) is 5.48. The summed E-state index contributed by atoms with van der Waals surface area (Å²) >= 11 is 0. The topological polar surface area (TPSA) is 55.8 Å². The molecule has 1 aliphatic heterocycles. The number of rotatable bonds is 7. The molecular formula is C13H22O4. The van der Waals surface area contributed by atoms with Gasteiger partial charge >= 0.3 is 5.97 Å². The molecule has 0 spiro atoms. The van der Waals surface area contributed by atoms with Crippen molar-refractivity contribution >= 4 is 5.97 Å². The summed E-state index contributed by atoms with van der Waals surface area (Å²) in [5, 5.41) is 8.63. The van der Waals surface area contributed by atoms with Crippen molar-refractivity contribution < 1.29 is 19.4 Å². The molecule has 0 aliphatic carbocycles. The van der Waals surface area contributed by atoms with Gasteiger partial charge in [-0.1, -0.05) is 19.3 Å². The number of aliphatic hydroxyl groups is 1. The molecule has 0 aromatic heterocycles. The maximum absolute atomic E-state index is 11.3. The summed E-state index contributed by atoms with van der Waals surface area (Å²) in [7, 11) is 0. The van der Waals surface area contributed by atoms with Crippen molar-refractivity contribution in [1.82, 2.24) is 0 Å². The first-order chi connectivity index (χ1) is 8.03. The van der Waals surface area contributed by atoms with Crippen LogP contribution in [0.3, 0.4) is 0 Å². The molecule has 0 aromatic carbocycles. The number of hydrogen-bond acceptors (Lipinski definition) is 4. The minimum atomic E-state index is -0.835. The Morgan fingerprint density at radius 3 is 2.41 bits per heavy atom. The van der Waals surface area contributed by atoms with Gasteiger partial charge in [0.15, 0.2) is 0 Å². The number of hydrogen-bond donors (Lipinski definition) is 1. The van der Waals surface area contributed by atoms with Gasteiger partial charge in [-0.2, -0.15) is 0 Å². The predicted molar refractivity (Wildman–Crippen MR) is 64.1 cm³/mol. The third-order valence-electron chi connectivity index (χ3n) is 2.58. The van der Waals surface area contributed by atoms with Gasteiger partial charge in [0.1, 0.15) is 5.76 Å². The van der Waals surface area contributed by atoms with Crippen LogP contribution in [0.2, 0.25) is 0 Å². The highest BCUT2D eigenvalue weighted by Crippen LogP contribution is 2.25. The smallest absolute Gasteiger partial charge is 0.337 e. The first kappa shape index (κ1) is 14.0. The number of cyclic esters (lactones) is 1. The number of carbonyl (C=O) groups excluding carboxylic acids is 1. The molecule has 1 heterocycles. The summed E-state index contributed by atoms with van der Waals surface area (Å²) in [5.74, 6) is -0.442. The Morgan fingerprint density at radius 1 is 1.12 bits per heavy atom. The molecule has 0 fully saturated rings. The summed E-state index contributed by atoms with van der Waals surface area (Å²) in [6.45, 7) is 3.74. The minimum absolute atomic E-state index is 0.272. The third-order valence-corrected chi connectivity index (χ3v) is 2.58. The molecule has 0 saturated carbocycles. The first-order valence-electron chi connectivity index (χ1n) is 6.27. The molecule has 1 aliphatic rings. The Balaban J connectivity index is 2.20. The fourth-order valence-corrected chi connectivity index (χ4v) is 1.83. The van der Waals surface area contributed by atoms with Gasteiger partial charge in [-0.3, -0.25) is 0 Å². The fourth-order valence-electron chi connectivity index (χ4n) is 1.83. The molecule has 0 amide bonds. The van der Waals surface area contributed by atoms with Crippen molar-refractivity contribution in [2.45, 2.75) is 58.2 Å². The highest BCUT2D eigenvalue weighted by molar-refractivity contribution is 5.83. The second-order valence-electron chi connectivity index (χ2n) is 4.78. The highest BCUT2D eigenvalue weighted by atomic mass is 16.7. The van der Waals surface area contributed by atoms with Gasteiger partial charge in [-0.05, 0) is 12.8 Å². The van der Waals surface area contributed by atoms with Crippen molar-refractivity contribution in [3.05, 3.63) is 11.8 Å². The fraction of sp³-hybridized carbons (Fsp3) is 0.769. The van der Waals surface area contributed by atoms with Gasteiger partial charge in [0.05, 0.1) is 6.08 Å². The molecule has 98 valence electrons. The second kappa shape index (κ2) is 6.64. The summed E-state index contributed by atoms with van der Waals surface area (Å²) in [6, 6.07) is 0. The SMILES string of the molecule is CC1(C)OC(=O)C=C(CCCCCCCO)O1. The van der Waals surface area contributed by atoms with Crippen molar-refractivity contribution in [2.24, 2.45) is 0 Å². The summed E-state index contributed by atoms with van der Waals surface area (Å²) in [4.78, 5) is 11.3. The molecular weight excluding hydrogens is 220 g/mol. The first-order valence-corrected chi connectivity index (χ1v) is 6.27. The van der Waals surface area contributed by atoms with Crippen LogP contribution in [0.5, 0.6) is 0 Å². The van der Waals surface area contributed by atoms with Crippen LogP contribution >= 0.6 is 0 Å². The van der Waals surface area contributed by atoms with Gasteiger partial charge in [-0.15, -0.1) is 0 Å². The molecule has 0 radical (unpaired) electrons. The molecule has 4 heteroatoms. The van der Waals surface area contributed by atoms with Crippen LogP contribution in [-0.4, -0.2) is 23.5 Å². The number of ether oxygens (including phenoxy) is 2. The molecule has 0 unspecified atom stereocenters. The molecule has 1 N–H and O–H groups in total. The standard InChI is InChI=1S/C13H22O4/c1-13(2)16-11(10-12(15)17-13)8-6-4-3-5-7-9-14/h10,14H,3-9H2,1-2H3. The Labute approximate surface area is 103 Å². The van der Waals surface area contributed by atoms with Crippen molar-refractivity contribution in [1.29, 1.82) is 0 Å². The lowest BCUT2D eigenvalue weighted by Gasteiger charge is -2.30. The van der Waals surface area contributed by atoms with Crippen molar-refractivity contribution in [3.8, 4) is 0 Å². The zero-order valence-electron chi connectivity index (χ0n) is 10.7. The average molecular weight is 242 g/mol. The quantitative estimate of drug-likeness (QED) is 0.550. The zero-order chi connectivity index (χ0) is 12.7. The number of carbonyl (C=O) groups is 1. The number of aliphatic hydroxyl groups excluding tert-OH is 1. The summed E-state index contributed by atoms with van der Waals surface area (Å²) in [6.07, 6.45) is 7.34. The van der Waals surface area contributed by atoms with E-state index in [0.29, 0.717) is 5.76 Å². The van der Waals surface area contributed by atoms with E-state index in [1.54, 1.807) is 13.8 Å². The van der Waals surface area contributed by atoms with Crippen LogP contribution in [0.25, 0.3) is 0 Å². The molecule has 0 aromatic rings. The molecule has 1 rings (SSSR count). The van der Waals surface area contributed by atoms with E-state index in [-0.39, 0.29) is 12.6 Å². The van der Waals surface area contributed by atoms with Crippen LogP contribution in [0.15, 0.2) is 11.8 Å². The van der Waals surface area contributed by atoms with E-state index in [9.17, 15) is 4.79 Å². The maximum Gasteiger partial charge on any atom is 0.337 e. The Bertz CT molecular complexity index is 281. The molecule has 0 saturated heterocycles. The van der Waals surface area contributed by atoms with E-state index in [1.165, 1.54) is 6.08 Å². The van der Waals surface area contributed by atoms with Gasteiger partial charge in [0.2, 0.25) is 5.79 Å². The molecule has 17 heavy (non-hydrogen) atoms. The normalized spacial score (nSPS) is 18.3. The Hall–Kier alpha value is -1.03. The van der Waals surface area contributed by atoms with E-state index in [2.05, 4.69) is 0 Å². The van der Waals surface area contributed by atoms with Crippen molar-refractivity contribution in [2.75, 3.05) is 6.61 Å². The van der Waals surface area contributed by atoms with Gasteiger partial charge in [0, 0.05) is 26.9 Å². The van der Waals surface area contributed by atoms with Crippen LogP contribution in [0.1, 0.15) is 52.4 Å². The Morgan fingerprint density at radius 2 is 1.76 bits per heavy atom. The molecule has 0 atom stereocenters. The lowest BCUT2D eigenvalue weighted by molar-refractivity contribution is -0.206. The highest BCUT2D eigenvalue weighted by Gasteiger charge is 2.29. The summed E-state index contributed by atoms with van der Waals surface area (Å²) < 4.78 is 10.5. The van der Waals surface area contributed by atoms with Crippen LogP contribution < -0.4 is 0 Å². The average Bonchev–Trinajstić information content (AvgIpc) is 2.20. The number of esters is 1. The minimum Gasteiger partial charge on any atom is -0.457 e. The van der Waals surface area contributed by atoms with E-state index >= 15 is 0 Å². The van der Waals surface area contributed by atoms with E-state index < -0.39 is 5.79 Å². The monoisotopic (exact) mass is 242 g/mol. The number of allylic oxidation sites excluding steroid dienone is 1. The van der Waals surface area contributed by atoms with Crippen molar-refractivity contribution in [3.63, 3.8) is 0 Å². The maximum atomic E-state index is 11.3. The van der Waals surface area contributed by atoms with Gasteiger partial charge in [-0.25, -0.2) is 4.79 Å². The lowest BCUT2D eigenvalue weighted by atomic mass is 10.1. The predicted octanol–water partition coefficient (Wildman–Crippen LogP) is 2.51. The second-order valence-corrected chi connectivity index (χ2v) is 4.78. The number of unbranched alkanes of at least 4 members (excludes halogenated alkanes) is 4. The van der Waals surface area contributed by atoms with E-state index in [0.717, 1.165) is 38.5 Å². The van der Waals surface area contributed by atoms with E-state index in [4.69, 9.17) is 14.6 Å². The zero-order valence-corrected chi connectivity index (χ0v) is 10.7. The van der Waals surface area contributed by atoms with Crippen LogP contribution in [-0.2, 0) is 14.3 Å². The van der Waals surface area contributed by atoms with Crippen LogP contribution in [0.4, 0.5) is 0 Å².